The van der Waals surface area contributed by atoms with E-state index in [1.54, 1.807) is 21.7 Å². The minimum Gasteiger partial charge on any atom is -0.340 e. The van der Waals surface area contributed by atoms with Crippen molar-refractivity contribution in [2.45, 2.75) is 13.0 Å². The molecule has 3 aromatic rings. The van der Waals surface area contributed by atoms with Crippen LogP contribution in [0.1, 0.15) is 12.2 Å². The number of nitrogens with zero attached hydrogens (tertiary/aromatic N) is 7. The predicted octanol–water partition coefficient (Wildman–Crippen LogP) is 2.01. The number of rotatable bonds is 5. The zero-order valence-corrected chi connectivity index (χ0v) is 18.8. The molecule has 33 heavy (non-hydrogen) atoms. The molecule has 2 aliphatic heterocycles. The quantitative estimate of drug-likeness (QED) is 0.573. The van der Waals surface area contributed by atoms with Gasteiger partial charge in [-0.05, 0) is 46.8 Å². The number of hydrogen-bond acceptors (Lipinski definition) is 6. The molecule has 3 heterocycles. The van der Waals surface area contributed by atoms with Crippen LogP contribution in [0.3, 0.4) is 0 Å². The van der Waals surface area contributed by atoms with Crippen molar-refractivity contribution in [2.75, 3.05) is 37.6 Å². The number of tetrazole rings is 1. The van der Waals surface area contributed by atoms with Crippen molar-refractivity contribution in [1.82, 2.24) is 30.0 Å². The van der Waals surface area contributed by atoms with Gasteiger partial charge in [0.25, 0.3) is 0 Å². The maximum absolute atomic E-state index is 13.1. The summed E-state index contributed by atoms with van der Waals surface area (Å²) in [6.45, 7) is 3.72. The number of hydrogen-bond donors (Lipinski definition) is 0. The fourth-order valence-corrected chi connectivity index (χ4v) is 4.53. The first kappa shape index (κ1) is 21.5. The number of anilines is 1. The van der Waals surface area contributed by atoms with Crippen molar-refractivity contribution in [3.05, 3.63) is 65.4 Å². The molecule has 2 aromatic carbocycles. The van der Waals surface area contributed by atoms with Gasteiger partial charge in [0, 0.05) is 49.9 Å². The average molecular weight is 466 g/mol. The van der Waals surface area contributed by atoms with Crippen LogP contribution < -0.4 is 4.90 Å². The summed E-state index contributed by atoms with van der Waals surface area (Å²) in [5.41, 5.74) is 1.70. The molecule has 10 heteroatoms. The second kappa shape index (κ2) is 9.29. The number of benzene rings is 2. The molecule has 2 amide bonds. The third kappa shape index (κ3) is 4.60. The van der Waals surface area contributed by atoms with Gasteiger partial charge < -0.3 is 9.80 Å². The maximum Gasteiger partial charge on any atom is 0.228 e. The Morgan fingerprint density at radius 2 is 1.70 bits per heavy atom. The molecule has 2 aliphatic rings. The standard InChI is InChI=1S/C23H24ClN7O2/c24-18-6-8-19(9-7-18)30-15-17(14-22(30)32)23(33)29-12-10-28(11-13-29)16-21-25-26-27-31(21)20-4-2-1-3-5-20/h1-9,17H,10-16H2. The van der Waals surface area contributed by atoms with Crippen LogP contribution in [0, 0.1) is 5.92 Å². The monoisotopic (exact) mass is 465 g/mol. The van der Waals surface area contributed by atoms with E-state index in [-0.39, 0.29) is 24.2 Å². The van der Waals surface area contributed by atoms with Crippen molar-refractivity contribution in [2.24, 2.45) is 5.92 Å². The summed E-state index contributed by atoms with van der Waals surface area (Å²) in [6, 6.07) is 16.9. The lowest BCUT2D eigenvalue weighted by atomic mass is 10.1. The fourth-order valence-electron chi connectivity index (χ4n) is 4.40. The number of amides is 2. The van der Waals surface area contributed by atoms with Gasteiger partial charge in [0.2, 0.25) is 11.8 Å². The van der Waals surface area contributed by atoms with E-state index >= 15 is 0 Å². The lowest BCUT2D eigenvalue weighted by molar-refractivity contribution is -0.137. The van der Waals surface area contributed by atoms with Crippen LogP contribution in [0.15, 0.2) is 54.6 Å². The number of aromatic nitrogens is 4. The molecule has 1 atom stereocenters. The highest BCUT2D eigenvalue weighted by molar-refractivity contribution is 6.30. The number of para-hydroxylation sites is 1. The summed E-state index contributed by atoms with van der Waals surface area (Å²) < 4.78 is 1.74. The minimum atomic E-state index is -0.315. The molecular formula is C23H24ClN7O2. The van der Waals surface area contributed by atoms with E-state index in [9.17, 15) is 9.59 Å². The average Bonchev–Trinajstić information content (AvgIpc) is 3.47. The SMILES string of the molecule is O=C(C1CC(=O)N(c2ccc(Cl)cc2)C1)N1CCN(Cc2nnnn2-c2ccccc2)CC1. The van der Waals surface area contributed by atoms with E-state index in [1.165, 1.54) is 0 Å². The molecule has 2 fully saturated rings. The van der Waals surface area contributed by atoms with E-state index < -0.39 is 0 Å². The molecule has 170 valence electrons. The summed E-state index contributed by atoms with van der Waals surface area (Å²) in [5.74, 6) is 0.474. The van der Waals surface area contributed by atoms with Crippen LogP contribution >= 0.6 is 11.6 Å². The molecule has 1 aromatic heterocycles. The van der Waals surface area contributed by atoms with Gasteiger partial charge in [0.15, 0.2) is 5.82 Å². The van der Waals surface area contributed by atoms with Gasteiger partial charge in [-0.2, -0.15) is 4.68 Å². The van der Waals surface area contributed by atoms with Gasteiger partial charge in [0.05, 0.1) is 18.2 Å². The van der Waals surface area contributed by atoms with Crippen LogP contribution in [0.2, 0.25) is 5.02 Å². The van der Waals surface area contributed by atoms with E-state index in [2.05, 4.69) is 20.4 Å². The molecule has 0 aliphatic carbocycles. The molecule has 2 saturated heterocycles. The minimum absolute atomic E-state index is 0.0259. The topological polar surface area (TPSA) is 87.5 Å². The van der Waals surface area contributed by atoms with E-state index in [4.69, 9.17) is 11.6 Å². The first-order chi connectivity index (χ1) is 16.1. The second-order valence-electron chi connectivity index (χ2n) is 8.33. The number of halogens is 1. The second-order valence-corrected chi connectivity index (χ2v) is 8.76. The maximum atomic E-state index is 13.1. The fraction of sp³-hybridized carbons (Fsp3) is 0.348. The lowest BCUT2D eigenvalue weighted by Gasteiger charge is -2.35. The molecule has 0 N–H and O–H groups in total. The Morgan fingerprint density at radius 3 is 2.42 bits per heavy atom. The summed E-state index contributed by atoms with van der Waals surface area (Å²) >= 11 is 5.95. The molecule has 0 bridgehead atoms. The Kier molecular flexibility index (Phi) is 6.06. The largest absolute Gasteiger partial charge is 0.340 e. The Labute approximate surface area is 196 Å². The summed E-state index contributed by atoms with van der Waals surface area (Å²) in [4.78, 5) is 31.4. The molecule has 5 rings (SSSR count). The highest BCUT2D eigenvalue weighted by atomic mass is 35.5. The van der Waals surface area contributed by atoms with E-state index in [1.807, 2.05) is 47.4 Å². The number of carbonyl (C=O) groups is 2. The Bertz CT molecular complexity index is 1130. The number of piperazine rings is 1. The van der Waals surface area contributed by atoms with E-state index in [0.29, 0.717) is 31.2 Å². The van der Waals surface area contributed by atoms with Gasteiger partial charge >= 0.3 is 0 Å². The smallest absolute Gasteiger partial charge is 0.228 e. The van der Waals surface area contributed by atoms with Crippen molar-refractivity contribution < 1.29 is 9.59 Å². The van der Waals surface area contributed by atoms with Gasteiger partial charge in [-0.15, -0.1) is 5.10 Å². The van der Waals surface area contributed by atoms with Crippen LogP contribution in [0.4, 0.5) is 5.69 Å². The van der Waals surface area contributed by atoms with Crippen molar-refractivity contribution in [1.29, 1.82) is 0 Å². The third-order valence-corrected chi connectivity index (χ3v) is 6.45. The first-order valence-electron chi connectivity index (χ1n) is 11.0. The van der Waals surface area contributed by atoms with Crippen molar-refractivity contribution in [3.8, 4) is 5.69 Å². The van der Waals surface area contributed by atoms with Gasteiger partial charge in [-0.25, -0.2) is 0 Å². The molecule has 0 spiro atoms. The third-order valence-electron chi connectivity index (χ3n) is 6.20. The Hall–Kier alpha value is -3.30. The summed E-state index contributed by atoms with van der Waals surface area (Å²) in [6.07, 6.45) is 0.244. The highest BCUT2D eigenvalue weighted by Gasteiger charge is 2.38. The lowest BCUT2D eigenvalue weighted by Crippen LogP contribution is -2.50. The van der Waals surface area contributed by atoms with Crippen LogP contribution in [-0.2, 0) is 16.1 Å². The van der Waals surface area contributed by atoms with Crippen molar-refractivity contribution >= 4 is 29.1 Å². The van der Waals surface area contributed by atoms with Crippen molar-refractivity contribution in [3.63, 3.8) is 0 Å². The zero-order valence-electron chi connectivity index (χ0n) is 18.0. The Balaban J connectivity index is 1.17. The predicted molar refractivity (Wildman–Crippen MR) is 123 cm³/mol. The highest BCUT2D eigenvalue weighted by Crippen LogP contribution is 2.27. The van der Waals surface area contributed by atoms with Gasteiger partial charge in [0.1, 0.15) is 0 Å². The van der Waals surface area contributed by atoms with Crippen LogP contribution in [0.5, 0.6) is 0 Å². The van der Waals surface area contributed by atoms with Crippen LogP contribution in [-0.4, -0.2) is 74.5 Å². The van der Waals surface area contributed by atoms with Gasteiger partial charge in [-0.3, -0.25) is 14.5 Å². The van der Waals surface area contributed by atoms with Gasteiger partial charge in [-0.1, -0.05) is 29.8 Å². The molecule has 0 radical (unpaired) electrons. The van der Waals surface area contributed by atoms with Crippen LogP contribution in [0.25, 0.3) is 5.69 Å². The molecule has 0 saturated carbocycles. The normalized spacial score (nSPS) is 19.3. The molecule has 1 unspecified atom stereocenters. The number of carbonyl (C=O) groups excluding carboxylic acids is 2. The Morgan fingerprint density at radius 1 is 0.970 bits per heavy atom. The summed E-state index contributed by atoms with van der Waals surface area (Å²) in [7, 11) is 0. The van der Waals surface area contributed by atoms with E-state index in [0.717, 1.165) is 30.3 Å². The summed E-state index contributed by atoms with van der Waals surface area (Å²) in [5, 5.41) is 12.7. The first-order valence-corrected chi connectivity index (χ1v) is 11.4. The molecular weight excluding hydrogens is 442 g/mol. The zero-order chi connectivity index (χ0) is 22.8. The molecule has 9 nitrogen and oxygen atoms in total.